The van der Waals surface area contributed by atoms with E-state index in [1.54, 1.807) is 0 Å². The molecular formula is C9H23O4PS. The molecule has 0 heterocycles. The van der Waals surface area contributed by atoms with Gasteiger partial charge in [0.05, 0.1) is 0 Å². The average Bonchev–Trinajstić information content (AvgIpc) is 1.77. The van der Waals surface area contributed by atoms with Gasteiger partial charge in [-0.2, -0.15) is 8.42 Å². The molecule has 0 aromatic carbocycles. The van der Waals surface area contributed by atoms with Crippen LogP contribution in [0.25, 0.3) is 0 Å². The maximum atomic E-state index is 8.74. The second kappa shape index (κ2) is 5.58. The average molecular weight is 258 g/mol. The second-order valence-corrected chi connectivity index (χ2v) is 7.22. The third kappa shape index (κ3) is 14.3. The van der Waals surface area contributed by atoms with Gasteiger partial charge in [-0.15, -0.1) is 9.24 Å². The van der Waals surface area contributed by atoms with E-state index in [0.717, 1.165) is 0 Å². The minimum Gasteiger partial charge on any atom is -0.264 e. The lowest BCUT2D eigenvalue weighted by atomic mass is 9.77. The Bertz CT molecular complexity index is 249. The van der Waals surface area contributed by atoms with Crippen LogP contribution in [0.4, 0.5) is 0 Å². The van der Waals surface area contributed by atoms with E-state index in [0.29, 0.717) is 16.5 Å². The summed E-state index contributed by atoms with van der Waals surface area (Å²) >= 11 is 0. The van der Waals surface area contributed by atoms with Gasteiger partial charge in [0.2, 0.25) is 0 Å². The van der Waals surface area contributed by atoms with Crippen LogP contribution in [0.3, 0.4) is 0 Å². The lowest BCUT2D eigenvalue weighted by Gasteiger charge is -2.37. The van der Waals surface area contributed by atoms with E-state index in [2.05, 4.69) is 50.8 Å². The van der Waals surface area contributed by atoms with Crippen LogP contribution in [0.2, 0.25) is 0 Å². The molecule has 0 spiro atoms. The monoisotopic (exact) mass is 258 g/mol. The predicted octanol–water partition coefficient (Wildman–Crippen LogP) is 2.67. The van der Waals surface area contributed by atoms with Gasteiger partial charge in [-0.25, -0.2) is 0 Å². The number of rotatable bonds is 0. The molecule has 0 aliphatic heterocycles. The van der Waals surface area contributed by atoms with Crippen molar-refractivity contribution in [1.82, 2.24) is 0 Å². The standard InChI is InChI=1S/C9H21P.H2O4S/c1-8(2,3)7(10)9(4,5)6;1-5(2,3)4/h7H,10H2,1-6H3;(H2,1,2,3,4). The molecule has 0 aromatic rings. The fourth-order valence-electron chi connectivity index (χ4n) is 1.30. The van der Waals surface area contributed by atoms with Gasteiger partial charge in [-0.3, -0.25) is 9.11 Å². The van der Waals surface area contributed by atoms with Crippen molar-refractivity contribution in [2.24, 2.45) is 10.8 Å². The van der Waals surface area contributed by atoms with Crippen molar-refractivity contribution >= 4 is 19.6 Å². The molecule has 0 amide bonds. The Labute approximate surface area is 95.6 Å². The van der Waals surface area contributed by atoms with Crippen molar-refractivity contribution in [2.45, 2.75) is 47.2 Å². The Hall–Kier alpha value is 0.300. The van der Waals surface area contributed by atoms with Crippen LogP contribution >= 0.6 is 9.24 Å². The van der Waals surface area contributed by atoms with E-state index < -0.39 is 10.4 Å². The molecule has 0 aliphatic rings. The molecule has 0 aromatic heterocycles. The Morgan fingerprint density at radius 2 is 1.07 bits per heavy atom. The van der Waals surface area contributed by atoms with Gasteiger partial charge in [0.1, 0.15) is 0 Å². The van der Waals surface area contributed by atoms with Crippen molar-refractivity contribution in [3.05, 3.63) is 0 Å². The highest BCUT2D eigenvalue weighted by Gasteiger charge is 2.30. The molecule has 1 atom stereocenters. The highest BCUT2D eigenvalue weighted by Crippen LogP contribution is 2.39. The molecule has 0 saturated heterocycles. The topological polar surface area (TPSA) is 74.6 Å². The van der Waals surface area contributed by atoms with Crippen molar-refractivity contribution in [3.8, 4) is 0 Å². The summed E-state index contributed by atoms with van der Waals surface area (Å²) in [6.07, 6.45) is 0. The molecular weight excluding hydrogens is 235 g/mol. The molecule has 1 unspecified atom stereocenters. The zero-order chi connectivity index (χ0) is 13.1. The van der Waals surface area contributed by atoms with Gasteiger partial charge in [-0.1, -0.05) is 41.5 Å². The summed E-state index contributed by atoms with van der Waals surface area (Å²) in [6.45, 7) is 13.7. The summed E-state index contributed by atoms with van der Waals surface area (Å²) in [5.41, 5.74) is 1.49. The molecule has 2 N–H and O–H groups in total. The lowest BCUT2D eigenvalue weighted by molar-refractivity contribution is 0.248. The van der Waals surface area contributed by atoms with E-state index in [4.69, 9.17) is 17.5 Å². The lowest BCUT2D eigenvalue weighted by Crippen LogP contribution is -2.32. The summed E-state index contributed by atoms with van der Waals surface area (Å²) in [6, 6.07) is 0. The van der Waals surface area contributed by atoms with Crippen molar-refractivity contribution < 1.29 is 17.5 Å². The third-order valence-corrected chi connectivity index (χ3v) is 3.87. The Balaban J connectivity index is 0. The first-order chi connectivity index (χ1) is 6.15. The van der Waals surface area contributed by atoms with Crippen LogP contribution in [0.15, 0.2) is 0 Å². The van der Waals surface area contributed by atoms with Gasteiger partial charge in [0.15, 0.2) is 0 Å². The molecule has 0 fully saturated rings. The molecule has 0 rings (SSSR count). The van der Waals surface area contributed by atoms with E-state index in [9.17, 15) is 0 Å². The van der Waals surface area contributed by atoms with Gasteiger partial charge in [0.25, 0.3) is 0 Å². The minimum atomic E-state index is -4.67. The molecule has 94 valence electrons. The van der Waals surface area contributed by atoms with Crippen molar-refractivity contribution in [2.75, 3.05) is 0 Å². The van der Waals surface area contributed by atoms with Crippen LogP contribution in [-0.4, -0.2) is 23.2 Å². The van der Waals surface area contributed by atoms with E-state index in [1.807, 2.05) is 0 Å². The minimum absolute atomic E-state index is 0.406. The van der Waals surface area contributed by atoms with E-state index in [1.165, 1.54) is 0 Å². The summed E-state index contributed by atoms with van der Waals surface area (Å²) in [7, 11) is -1.72. The highest BCUT2D eigenvalue weighted by molar-refractivity contribution is 7.79. The van der Waals surface area contributed by atoms with Crippen LogP contribution in [-0.2, 0) is 10.4 Å². The van der Waals surface area contributed by atoms with E-state index in [-0.39, 0.29) is 0 Å². The predicted molar refractivity (Wildman–Crippen MR) is 66.6 cm³/mol. The quantitative estimate of drug-likeness (QED) is 0.517. The fourth-order valence-corrected chi connectivity index (χ4v) is 1.30. The Kier molecular flexibility index (Phi) is 6.57. The molecule has 4 nitrogen and oxygen atoms in total. The molecule has 6 heteroatoms. The maximum Gasteiger partial charge on any atom is 0.394 e. The zero-order valence-corrected chi connectivity index (χ0v) is 12.2. The zero-order valence-electron chi connectivity index (χ0n) is 10.3. The SMILES string of the molecule is CC(C)(C)C(P)C(C)(C)C.O=S(=O)(O)O. The summed E-state index contributed by atoms with van der Waals surface area (Å²) in [5.74, 6) is 0. The molecule has 0 bridgehead atoms. The molecule has 0 radical (unpaired) electrons. The second-order valence-electron chi connectivity index (χ2n) is 5.66. The Morgan fingerprint density at radius 1 is 0.933 bits per heavy atom. The van der Waals surface area contributed by atoms with Crippen LogP contribution in [0.1, 0.15) is 41.5 Å². The highest BCUT2D eigenvalue weighted by atomic mass is 32.3. The molecule has 0 saturated carbocycles. The largest absolute Gasteiger partial charge is 0.394 e. The smallest absolute Gasteiger partial charge is 0.264 e. The molecule has 0 aliphatic carbocycles. The summed E-state index contributed by atoms with van der Waals surface area (Å²) in [5, 5.41) is 0. The Morgan fingerprint density at radius 3 is 1.07 bits per heavy atom. The molecule has 15 heavy (non-hydrogen) atoms. The van der Waals surface area contributed by atoms with Crippen LogP contribution < -0.4 is 0 Å². The van der Waals surface area contributed by atoms with Crippen LogP contribution in [0, 0.1) is 10.8 Å². The van der Waals surface area contributed by atoms with Gasteiger partial charge >= 0.3 is 10.4 Å². The summed E-state index contributed by atoms with van der Waals surface area (Å²) < 4.78 is 31.6. The van der Waals surface area contributed by atoms with E-state index >= 15 is 0 Å². The van der Waals surface area contributed by atoms with Crippen molar-refractivity contribution in [1.29, 1.82) is 0 Å². The first-order valence-corrected chi connectivity index (χ1v) is 6.67. The number of hydrogen-bond donors (Lipinski definition) is 2. The normalized spacial score (nSPS) is 13.5. The van der Waals surface area contributed by atoms with Gasteiger partial charge in [-0.05, 0) is 16.5 Å². The maximum absolute atomic E-state index is 8.74. The third-order valence-electron chi connectivity index (χ3n) is 1.87. The van der Waals surface area contributed by atoms with Gasteiger partial charge < -0.3 is 0 Å². The van der Waals surface area contributed by atoms with Crippen molar-refractivity contribution in [3.63, 3.8) is 0 Å². The summed E-state index contributed by atoms with van der Waals surface area (Å²) in [4.78, 5) is 0. The first-order valence-electron chi connectivity index (χ1n) is 4.61. The fraction of sp³-hybridized carbons (Fsp3) is 1.00. The first kappa shape index (κ1) is 17.7. The van der Waals surface area contributed by atoms with Gasteiger partial charge in [0, 0.05) is 0 Å². The number of hydrogen-bond acceptors (Lipinski definition) is 2. The van der Waals surface area contributed by atoms with Crippen LogP contribution in [0.5, 0.6) is 0 Å².